The normalized spacial score (nSPS) is 24.7. The van der Waals surface area contributed by atoms with E-state index in [0.717, 1.165) is 0 Å². The van der Waals surface area contributed by atoms with Gasteiger partial charge in [-0.25, -0.2) is 8.42 Å². The van der Waals surface area contributed by atoms with Crippen LogP contribution in [0.4, 0.5) is 13.2 Å². The smallest absolute Gasteiger partial charge is 0.353 e. The van der Waals surface area contributed by atoms with Crippen LogP contribution in [0.2, 0.25) is 0 Å². The van der Waals surface area contributed by atoms with Crippen molar-refractivity contribution in [3.8, 4) is 0 Å². The number of hydrogen-bond acceptors (Lipinski definition) is 4. The molecule has 2 atom stereocenters. The molecule has 1 rings (SSSR count). The van der Waals surface area contributed by atoms with Gasteiger partial charge in [0.1, 0.15) is 0 Å². The van der Waals surface area contributed by atoms with Crippen LogP contribution in [0.3, 0.4) is 0 Å². The SMILES string of the molecule is CC(CC(F)(F)F)NC(=O)CC1CS(=O)(=O)CCN1. The second-order valence-electron chi connectivity index (χ2n) is 4.76. The van der Waals surface area contributed by atoms with Gasteiger partial charge in [0.2, 0.25) is 5.91 Å². The van der Waals surface area contributed by atoms with Crippen LogP contribution < -0.4 is 10.6 Å². The molecule has 9 heteroatoms. The van der Waals surface area contributed by atoms with Crippen LogP contribution in [0.15, 0.2) is 0 Å². The lowest BCUT2D eigenvalue weighted by molar-refractivity contribution is -0.141. The Balaban J connectivity index is 2.39. The van der Waals surface area contributed by atoms with Gasteiger partial charge in [0, 0.05) is 25.0 Å². The van der Waals surface area contributed by atoms with Gasteiger partial charge in [0.25, 0.3) is 0 Å². The van der Waals surface area contributed by atoms with E-state index in [-0.39, 0.29) is 24.5 Å². The first-order chi connectivity index (χ1) is 8.57. The molecule has 1 heterocycles. The van der Waals surface area contributed by atoms with Crippen LogP contribution in [0.25, 0.3) is 0 Å². The summed E-state index contributed by atoms with van der Waals surface area (Å²) in [6, 6.07) is -1.55. The van der Waals surface area contributed by atoms with Crippen molar-refractivity contribution in [2.24, 2.45) is 0 Å². The van der Waals surface area contributed by atoms with Crippen LogP contribution in [0, 0.1) is 0 Å². The molecule has 0 aromatic carbocycles. The second-order valence-corrected chi connectivity index (χ2v) is 6.99. The Morgan fingerprint density at radius 3 is 2.63 bits per heavy atom. The third-order valence-electron chi connectivity index (χ3n) is 2.68. The second kappa shape index (κ2) is 6.08. The van der Waals surface area contributed by atoms with E-state index in [4.69, 9.17) is 0 Å². The number of sulfone groups is 1. The molecule has 0 bridgehead atoms. The zero-order chi connectivity index (χ0) is 14.7. The maximum Gasteiger partial charge on any atom is 0.391 e. The van der Waals surface area contributed by atoms with Crippen molar-refractivity contribution in [1.82, 2.24) is 10.6 Å². The molecule has 1 amide bonds. The lowest BCUT2D eigenvalue weighted by Gasteiger charge is -2.24. The molecule has 112 valence electrons. The molecular formula is C10H17F3N2O3S. The Kier molecular flexibility index (Phi) is 5.19. The summed E-state index contributed by atoms with van der Waals surface area (Å²) in [5.74, 6) is -0.713. The van der Waals surface area contributed by atoms with E-state index >= 15 is 0 Å². The monoisotopic (exact) mass is 302 g/mol. The fraction of sp³-hybridized carbons (Fsp3) is 0.900. The number of carbonyl (C=O) groups is 1. The van der Waals surface area contributed by atoms with Crippen LogP contribution in [0.1, 0.15) is 19.8 Å². The molecule has 0 aromatic heterocycles. The molecule has 0 spiro atoms. The predicted molar refractivity (Wildman–Crippen MR) is 63.3 cm³/mol. The topological polar surface area (TPSA) is 75.3 Å². The molecule has 5 nitrogen and oxygen atoms in total. The number of hydrogen-bond donors (Lipinski definition) is 2. The molecule has 1 saturated heterocycles. The third-order valence-corrected chi connectivity index (χ3v) is 4.41. The highest BCUT2D eigenvalue weighted by atomic mass is 32.2. The van der Waals surface area contributed by atoms with E-state index < -0.39 is 40.4 Å². The van der Waals surface area contributed by atoms with Crippen LogP contribution in [-0.4, -0.2) is 50.6 Å². The Labute approximate surface area is 109 Å². The van der Waals surface area contributed by atoms with Crippen molar-refractivity contribution < 1.29 is 26.4 Å². The van der Waals surface area contributed by atoms with E-state index in [9.17, 15) is 26.4 Å². The number of halogens is 3. The summed E-state index contributed by atoms with van der Waals surface area (Å²) in [7, 11) is -3.16. The van der Waals surface area contributed by atoms with Crippen molar-refractivity contribution in [1.29, 1.82) is 0 Å². The number of alkyl halides is 3. The Bertz CT molecular complexity index is 422. The first-order valence-electron chi connectivity index (χ1n) is 5.87. The van der Waals surface area contributed by atoms with Crippen LogP contribution in [0.5, 0.6) is 0 Å². The van der Waals surface area contributed by atoms with E-state index in [1.54, 1.807) is 0 Å². The Morgan fingerprint density at radius 2 is 2.11 bits per heavy atom. The largest absolute Gasteiger partial charge is 0.391 e. The predicted octanol–water partition coefficient (Wildman–Crippen LogP) is 0.220. The minimum absolute atomic E-state index is 0.0234. The van der Waals surface area contributed by atoms with Gasteiger partial charge in [-0.3, -0.25) is 4.79 Å². The van der Waals surface area contributed by atoms with Gasteiger partial charge >= 0.3 is 6.18 Å². The molecule has 1 fully saturated rings. The maximum absolute atomic E-state index is 12.1. The summed E-state index contributed by atoms with van der Waals surface area (Å²) in [4.78, 5) is 11.5. The summed E-state index contributed by atoms with van der Waals surface area (Å²) in [6.07, 6.45) is -5.57. The lowest BCUT2D eigenvalue weighted by Crippen LogP contribution is -2.48. The van der Waals surface area contributed by atoms with E-state index in [2.05, 4.69) is 10.6 Å². The highest BCUT2D eigenvalue weighted by Crippen LogP contribution is 2.21. The quantitative estimate of drug-likeness (QED) is 0.779. The van der Waals surface area contributed by atoms with Crippen molar-refractivity contribution in [2.45, 2.75) is 38.0 Å². The molecule has 0 aliphatic carbocycles. The van der Waals surface area contributed by atoms with Gasteiger partial charge in [-0.05, 0) is 6.92 Å². The fourth-order valence-electron chi connectivity index (χ4n) is 1.95. The highest BCUT2D eigenvalue weighted by Gasteiger charge is 2.31. The Morgan fingerprint density at radius 1 is 1.47 bits per heavy atom. The van der Waals surface area contributed by atoms with Crippen LogP contribution >= 0.6 is 0 Å². The standard InChI is InChI=1S/C10H17F3N2O3S/c1-7(5-10(11,12)13)15-9(16)4-8-6-19(17,18)3-2-14-8/h7-8,14H,2-6H2,1H3,(H,15,16). The van der Waals surface area contributed by atoms with Gasteiger partial charge < -0.3 is 10.6 Å². The summed E-state index contributed by atoms with van der Waals surface area (Å²) >= 11 is 0. The maximum atomic E-state index is 12.1. The molecule has 2 N–H and O–H groups in total. The highest BCUT2D eigenvalue weighted by molar-refractivity contribution is 7.91. The van der Waals surface area contributed by atoms with Crippen molar-refractivity contribution in [2.75, 3.05) is 18.1 Å². The third kappa shape index (κ3) is 6.76. The number of nitrogens with one attached hydrogen (secondary N) is 2. The van der Waals surface area contributed by atoms with Gasteiger partial charge in [0.05, 0.1) is 17.9 Å². The van der Waals surface area contributed by atoms with Crippen LogP contribution in [-0.2, 0) is 14.6 Å². The van der Waals surface area contributed by atoms with Crippen molar-refractivity contribution >= 4 is 15.7 Å². The summed E-state index contributed by atoms with van der Waals surface area (Å²) in [5, 5.41) is 5.08. The summed E-state index contributed by atoms with van der Waals surface area (Å²) in [5.41, 5.74) is 0. The molecule has 1 aliphatic heterocycles. The molecule has 19 heavy (non-hydrogen) atoms. The zero-order valence-electron chi connectivity index (χ0n) is 10.5. The molecule has 1 aliphatic rings. The van der Waals surface area contributed by atoms with E-state index in [0.29, 0.717) is 0 Å². The first kappa shape index (κ1) is 16.2. The summed E-state index contributed by atoms with van der Waals surface area (Å²) < 4.78 is 58.9. The number of carbonyl (C=O) groups excluding carboxylic acids is 1. The average molecular weight is 302 g/mol. The molecule has 0 radical (unpaired) electrons. The van der Waals surface area contributed by atoms with E-state index in [1.165, 1.54) is 6.92 Å². The molecular weight excluding hydrogens is 285 g/mol. The summed E-state index contributed by atoms with van der Waals surface area (Å²) in [6.45, 7) is 1.52. The molecule has 0 saturated carbocycles. The van der Waals surface area contributed by atoms with Crippen molar-refractivity contribution in [3.63, 3.8) is 0 Å². The average Bonchev–Trinajstić information content (AvgIpc) is 2.11. The van der Waals surface area contributed by atoms with Gasteiger partial charge in [-0.1, -0.05) is 0 Å². The number of rotatable bonds is 4. The number of amides is 1. The minimum Gasteiger partial charge on any atom is -0.353 e. The van der Waals surface area contributed by atoms with Crippen molar-refractivity contribution in [3.05, 3.63) is 0 Å². The minimum atomic E-state index is -4.33. The van der Waals surface area contributed by atoms with E-state index in [1.807, 2.05) is 0 Å². The first-order valence-corrected chi connectivity index (χ1v) is 7.69. The molecule has 0 aromatic rings. The van der Waals surface area contributed by atoms with Gasteiger partial charge in [0.15, 0.2) is 9.84 Å². The van der Waals surface area contributed by atoms with Gasteiger partial charge in [-0.15, -0.1) is 0 Å². The fourth-order valence-corrected chi connectivity index (χ4v) is 3.40. The zero-order valence-corrected chi connectivity index (χ0v) is 11.3. The molecule has 2 unspecified atom stereocenters. The van der Waals surface area contributed by atoms with Gasteiger partial charge in [-0.2, -0.15) is 13.2 Å². The Hall–Kier alpha value is -0.830. The lowest BCUT2D eigenvalue weighted by atomic mass is 10.2.